The van der Waals surface area contributed by atoms with Gasteiger partial charge >= 0.3 is 0 Å². The zero-order valence-corrected chi connectivity index (χ0v) is 14.1. The fourth-order valence-corrected chi connectivity index (χ4v) is 3.08. The number of hydrogen-bond donors (Lipinski definition) is 1. The predicted octanol–water partition coefficient (Wildman–Crippen LogP) is 3.05. The average molecular weight is 312 g/mol. The number of benzene rings is 1. The van der Waals surface area contributed by atoms with Gasteiger partial charge in [-0.05, 0) is 37.1 Å². The summed E-state index contributed by atoms with van der Waals surface area (Å²) in [6.45, 7) is 7.86. The van der Waals surface area contributed by atoms with Gasteiger partial charge in [0.2, 0.25) is 0 Å². The lowest BCUT2D eigenvalue weighted by atomic mass is 9.97. The van der Waals surface area contributed by atoms with E-state index < -0.39 is 0 Å². The topological polar surface area (TPSA) is 50.3 Å². The first-order valence-electron chi connectivity index (χ1n) is 8.13. The first kappa shape index (κ1) is 15.9. The molecule has 1 aliphatic heterocycles. The van der Waals surface area contributed by atoms with Crippen molar-refractivity contribution in [3.63, 3.8) is 0 Å². The van der Waals surface area contributed by atoms with Gasteiger partial charge in [-0.25, -0.2) is 9.97 Å². The number of nitrogens with one attached hydrogen (secondary N) is 1. The van der Waals surface area contributed by atoms with E-state index in [1.807, 2.05) is 13.0 Å². The van der Waals surface area contributed by atoms with E-state index >= 15 is 0 Å². The zero-order valence-electron chi connectivity index (χ0n) is 14.1. The fraction of sp³-hybridized carbons (Fsp3) is 0.444. The van der Waals surface area contributed by atoms with E-state index in [4.69, 9.17) is 4.74 Å². The highest BCUT2D eigenvalue weighted by Gasteiger charge is 2.17. The van der Waals surface area contributed by atoms with Crippen molar-refractivity contribution in [3.05, 3.63) is 46.9 Å². The molecule has 23 heavy (non-hydrogen) atoms. The molecule has 1 N–H and O–H groups in total. The Morgan fingerprint density at radius 3 is 2.96 bits per heavy atom. The molecule has 0 spiro atoms. The smallest absolute Gasteiger partial charge is 0.156 e. The molecule has 0 radical (unpaired) electrons. The molecule has 1 aromatic carbocycles. The first-order valence-corrected chi connectivity index (χ1v) is 8.13. The molecule has 0 aliphatic carbocycles. The lowest BCUT2D eigenvalue weighted by Crippen LogP contribution is -2.30. The van der Waals surface area contributed by atoms with E-state index in [1.165, 1.54) is 11.1 Å². The summed E-state index contributed by atoms with van der Waals surface area (Å²) in [4.78, 5) is 11.4. The van der Waals surface area contributed by atoms with Crippen molar-refractivity contribution >= 4 is 11.5 Å². The predicted molar refractivity (Wildman–Crippen MR) is 91.9 cm³/mol. The molecule has 1 aliphatic rings. The van der Waals surface area contributed by atoms with Gasteiger partial charge < -0.3 is 10.1 Å². The summed E-state index contributed by atoms with van der Waals surface area (Å²) < 4.78 is 5.14. The van der Waals surface area contributed by atoms with Crippen molar-refractivity contribution in [1.29, 1.82) is 0 Å². The molecule has 5 heteroatoms. The van der Waals surface area contributed by atoms with Crippen LogP contribution in [0.1, 0.15) is 29.6 Å². The first-order chi connectivity index (χ1) is 11.2. The number of ether oxygens (including phenoxy) is 1. The maximum Gasteiger partial charge on any atom is 0.156 e. The maximum atomic E-state index is 5.14. The SMILES string of the molecule is CCN1CCc2c(cccc2Nc2cc(C)nc(COC)n2)C1. The maximum absolute atomic E-state index is 5.14. The number of anilines is 2. The Kier molecular flexibility index (Phi) is 4.88. The van der Waals surface area contributed by atoms with Gasteiger partial charge in [0, 0.05) is 37.6 Å². The highest BCUT2D eigenvalue weighted by Crippen LogP contribution is 2.28. The second kappa shape index (κ2) is 7.06. The highest BCUT2D eigenvalue weighted by molar-refractivity contribution is 5.63. The van der Waals surface area contributed by atoms with Crippen LogP contribution in [-0.4, -0.2) is 35.1 Å². The van der Waals surface area contributed by atoms with Crippen molar-refractivity contribution in [2.45, 2.75) is 33.4 Å². The Morgan fingerprint density at radius 1 is 1.30 bits per heavy atom. The van der Waals surface area contributed by atoms with Gasteiger partial charge in [-0.1, -0.05) is 19.1 Å². The summed E-state index contributed by atoms with van der Waals surface area (Å²) in [5.41, 5.74) is 4.91. The molecule has 2 heterocycles. The third-order valence-corrected chi connectivity index (χ3v) is 4.23. The lowest BCUT2D eigenvalue weighted by molar-refractivity contribution is 0.177. The number of likely N-dealkylation sites (N-methyl/N-ethyl adjacent to an activating group) is 1. The van der Waals surface area contributed by atoms with Crippen LogP contribution in [0.25, 0.3) is 0 Å². The van der Waals surface area contributed by atoms with Crippen molar-refractivity contribution in [1.82, 2.24) is 14.9 Å². The monoisotopic (exact) mass is 312 g/mol. The highest BCUT2D eigenvalue weighted by atomic mass is 16.5. The molecule has 0 amide bonds. The summed E-state index contributed by atoms with van der Waals surface area (Å²) in [5, 5.41) is 3.48. The molecular weight excluding hydrogens is 288 g/mol. The van der Waals surface area contributed by atoms with Gasteiger partial charge in [0.15, 0.2) is 5.82 Å². The zero-order chi connectivity index (χ0) is 16.2. The van der Waals surface area contributed by atoms with E-state index in [2.05, 4.69) is 45.3 Å². The van der Waals surface area contributed by atoms with Gasteiger partial charge in [-0.15, -0.1) is 0 Å². The number of aryl methyl sites for hydroxylation is 1. The Morgan fingerprint density at radius 2 is 2.17 bits per heavy atom. The van der Waals surface area contributed by atoms with Gasteiger partial charge in [0.1, 0.15) is 12.4 Å². The quantitative estimate of drug-likeness (QED) is 0.919. The van der Waals surface area contributed by atoms with Crippen LogP contribution in [0.3, 0.4) is 0 Å². The van der Waals surface area contributed by atoms with Crippen LogP contribution < -0.4 is 5.32 Å². The Bertz CT molecular complexity index is 687. The van der Waals surface area contributed by atoms with Crippen molar-refractivity contribution in [3.8, 4) is 0 Å². The minimum Gasteiger partial charge on any atom is -0.377 e. The molecule has 0 saturated heterocycles. The molecule has 0 bridgehead atoms. The van der Waals surface area contributed by atoms with Gasteiger partial charge in [-0.2, -0.15) is 0 Å². The molecule has 122 valence electrons. The summed E-state index contributed by atoms with van der Waals surface area (Å²) >= 11 is 0. The molecule has 0 fully saturated rings. The van der Waals surface area contributed by atoms with E-state index in [0.717, 1.165) is 43.3 Å². The minimum absolute atomic E-state index is 0.425. The third kappa shape index (κ3) is 3.68. The standard InChI is InChI=1S/C18H24N4O/c1-4-22-9-8-15-14(11-22)6-5-7-16(15)20-17-10-13(2)19-18(21-17)12-23-3/h5-7,10H,4,8-9,11-12H2,1-3H3,(H,19,20,21). The van der Waals surface area contributed by atoms with Gasteiger partial charge in [-0.3, -0.25) is 4.90 Å². The van der Waals surface area contributed by atoms with Crippen LogP contribution in [0.5, 0.6) is 0 Å². The largest absolute Gasteiger partial charge is 0.377 e. The summed E-state index contributed by atoms with van der Waals surface area (Å²) in [6.07, 6.45) is 1.07. The molecule has 5 nitrogen and oxygen atoms in total. The molecule has 1 aromatic heterocycles. The van der Waals surface area contributed by atoms with Gasteiger partial charge in [0.25, 0.3) is 0 Å². The van der Waals surface area contributed by atoms with E-state index in [0.29, 0.717) is 12.4 Å². The van der Waals surface area contributed by atoms with Crippen LogP contribution in [-0.2, 0) is 24.3 Å². The minimum atomic E-state index is 0.425. The number of fused-ring (bicyclic) bond motifs is 1. The fourth-order valence-electron chi connectivity index (χ4n) is 3.08. The number of rotatable bonds is 5. The van der Waals surface area contributed by atoms with Crippen LogP contribution in [0.2, 0.25) is 0 Å². The normalized spacial score (nSPS) is 14.6. The van der Waals surface area contributed by atoms with Gasteiger partial charge in [0.05, 0.1) is 0 Å². The van der Waals surface area contributed by atoms with E-state index in [-0.39, 0.29) is 0 Å². The second-order valence-electron chi connectivity index (χ2n) is 5.93. The third-order valence-electron chi connectivity index (χ3n) is 4.23. The Labute approximate surface area is 137 Å². The summed E-state index contributed by atoms with van der Waals surface area (Å²) in [6, 6.07) is 8.45. The van der Waals surface area contributed by atoms with Crippen molar-refractivity contribution in [2.75, 3.05) is 25.5 Å². The van der Waals surface area contributed by atoms with Crippen LogP contribution >= 0.6 is 0 Å². The summed E-state index contributed by atoms with van der Waals surface area (Å²) in [7, 11) is 1.66. The van der Waals surface area contributed by atoms with Crippen molar-refractivity contribution < 1.29 is 4.74 Å². The van der Waals surface area contributed by atoms with E-state index in [1.54, 1.807) is 7.11 Å². The number of hydrogen-bond acceptors (Lipinski definition) is 5. The average Bonchev–Trinajstić information content (AvgIpc) is 2.54. The number of nitrogens with zero attached hydrogens (tertiary/aromatic N) is 3. The van der Waals surface area contributed by atoms with Crippen molar-refractivity contribution in [2.24, 2.45) is 0 Å². The van der Waals surface area contributed by atoms with Crippen LogP contribution in [0.4, 0.5) is 11.5 Å². The molecule has 3 rings (SSSR count). The molecule has 0 unspecified atom stereocenters. The Balaban J connectivity index is 1.87. The van der Waals surface area contributed by atoms with Crippen LogP contribution in [0, 0.1) is 6.92 Å². The number of aromatic nitrogens is 2. The van der Waals surface area contributed by atoms with Crippen LogP contribution in [0.15, 0.2) is 24.3 Å². The molecule has 0 atom stereocenters. The molecular formula is C18H24N4O. The lowest BCUT2D eigenvalue weighted by Gasteiger charge is -2.29. The molecule has 0 saturated carbocycles. The molecule has 2 aromatic rings. The Hall–Kier alpha value is -1.98. The van der Waals surface area contributed by atoms with E-state index in [9.17, 15) is 0 Å². The second-order valence-corrected chi connectivity index (χ2v) is 5.93. The summed E-state index contributed by atoms with van der Waals surface area (Å²) in [5.74, 6) is 1.54. The number of methoxy groups -OCH3 is 1.